The summed E-state index contributed by atoms with van der Waals surface area (Å²) in [7, 11) is 0. The molecule has 2 aromatic rings. The summed E-state index contributed by atoms with van der Waals surface area (Å²) < 4.78 is 0. The zero-order valence-electron chi connectivity index (χ0n) is 12.5. The zero-order chi connectivity index (χ0) is 15.5. The van der Waals surface area contributed by atoms with Crippen LogP contribution in [-0.2, 0) is 10.3 Å². The quantitative estimate of drug-likeness (QED) is 0.893. The van der Waals surface area contributed by atoms with E-state index in [0.717, 1.165) is 16.3 Å². The van der Waals surface area contributed by atoms with Crippen molar-refractivity contribution < 1.29 is 9.90 Å². The van der Waals surface area contributed by atoms with Gasteiger partial charge in [0, 0.05) is 11.1 Å². The largest absolute Gasteiger partial charge is 0.388 e. The molecule has 0 fully saturated rings. The SMILES string of the molecule is Cc1csc(C(C)(C)NC(=O)CC(O)c2ccccc2)n1. The van der Waals surface area contributed by atoms with E-state index in [9.17, 15) is 9.90 Å². The van der Waals surface area contributed by atoms with E-state index in [1.807, 2.05) is 56.5 Å². The van der Waals surface area contributed by atoms with Crippen LogP contribution in [0.4, 0.5) is 0 Å². The maximum atomic E-state index is 12.1. The number of amides is 1. The van der Waals surface area contributed by atoms with E-state index < -0.39 is 11.6 Å². The topological polar surface area (TPSA) is 62.2 Å². The van der Waals surface area contributed by atoms with Crippen molar-refractivity contribution in [3.63, 3.8) is 0 Å². The maximum absolute atomic E-state index is 12.1. The van der Waals surface area contributed by atoms with E-state index in [0.29, 0.717) is 0 Å². The average Bonchev–Trinajstić information content (AvgIpc) is 2.86. The van der Waals surface area contributed by atoms with E-state index in [-0.39, 0.29) is 12.3 Å². The second-order valence-corrected chi connectivity index (χ2v) is 6.46. The minimum absolute atomic E-state index is 0.0395. The zero-order valence-corrected chi connectivity index (χ0v) is 13.3. The van der Waals surface area contributed by atoms with Crippen molar-refractivity contribution in [3.8, 4) is 0 Å². The van der Waals surface area contributed by atoms with Gasteiger partial charge in [-0.3, -0.25) is 4.79 Å². The van der Waals surface area contributed by atoms with Crippen molar-refractivity contribution in [2.75, 3.05) is 0 Å². The van der Waals surface area contributed by atoms with Crippen LogP contribution in [0.25, 0.3) is 0 Å². The highest BCUT2D eigenvalue weighted by molar-refractivity contribution is 7.09. The Bertz CT molecular complexity index is 608. The van der Waals surface area contributed by atoms with E-state index in [1.165, 1.54) is 11.3 Å². The van der Waals surface area contributed by atoms with E-state index in [2.05, 4.69) is 10.3 Å². The Morgan fingerprint density at radius 3 is 2.62 bits per heavy atom. The van der Waals surface area contributed by atoms with Crippen LogP contribution in [0.1, 0.15) is 42.6 Å². The summed E-state index contributed by atoms with van der Waals surface area (Å²) in [4.78, 5) is 16.5. The number of aryl methyl sites for hydroxylation is 1. The number of carbonyl (C=O) groups is 1. The number of thiazole rings is 1. The molecule has 1 atom stereocenters. The minimum atomic E-state index is -0.792. The Hall–Kier alpha value is -1.72. The van der Waals surface area contributed by atoms with Gasteiger partial charge in [-0.25, -0.2) is 4.98 Å². The van der Waals surface area contributed by atoms with Crippen molar-refractivity contribution in [1.29, 1.82) is 0 Å². The third kappa shape index (κ3) is 4.12. The Labute approximate surface area is 128 Å². The van der Waals surface area contributed by atoms with Crippen LogP contribution >= 0.6 is 11.3 Å². The smallest absolute Gasteiger partial charge is 0.223 e. The van der Waals surface area contributed by atoms with Gasteiger partial charge in [0.15, 0.2) is 0 Å². The summed E-state index contributed by atoms with van der Waals surface area (Å²) >= 11 is 1.53. The lowest BCUT2D eigenvalue weighted by Crippen LogP contribution is -2.41. The van der Waals surface area contributed by atoms with Gasteiger partial charge in [-0.05, 0) is 26.3 Å². The molecule has 0 radical (unpaired) electrons. The molecule has 1 heterocycles. The van der Waals surface area contributed by atoms with Gasteiger partial charge in [-0.1, -0.05) is 30.3 Å². The Balaban J connectivity index is 1.98. The number of rotatable bonds is 5. The molecule has 0 aliphatic rings. The molecule has 1 amide bonds. The van der Waals surface area contributed by atoms with E-state index >= 15 is 0 Å². The van der Waals surface area contributed by atoms with Crippen LogP contribution in [0, 0.1) is 6.92 Å². The molecule has 0 saturated heterocycles. The lowest BCUT2D eigenvalue weighted by atomic mass is 10.0. The highest BCUT2D eigenvalue weighted by Crippen LogP contribution is 2.24. The highest BCUT2D eigenvalue weighted by atomic mass is 32.1. The molecule has 0 bridgehead atoms. The first kappa shape index (κ1) is 15.7. The highest BCUT2D eigenvalue weighted by Gasteiger charge is 2.27. The van der Waals surface area contributed by atoms with Gasteiger partial charge < -0.3 is 10.4 Å². The second kappa shape index (κ2) is 6.37. The molecule has 4 nitrogen and oxygen atoms in total. The van der Waals surface area contributed by atoms with Gasteiger partial charge in [0.25, 0.3) is 0 Å². The molecule has 2 rings (SSSR count). The molecule has 21 heavy (non-hydrogen) atoms. The Kier molecular flexibility index (Phi) is 4.75. The molecule has 1 unspecified atom stereocenters. The normalized spacial score (nSPS) is 13.0. The second-order valence-electron chi connectivity index (χ2n) is 5.60. The Morgan fingerprint density at radius 2 is 2.05 bits per heavy atom. The van der Waals surface area contributed by atoms with Crippen molar-refractivity contribution in [2.24, 2.45) is 0 Å². The molecule has 112 valence electrons. The fourth-order valence-electron chi connectivity index (χ4n) is 2.06. The molecule has 1 aromatic heterocycles. The summed E-state index contributed by atoms with van der Waals surface area (Å²) in [6.45, 7) is 5.76. The summed E-state index contributed by atoms with van der Waals surface area (Å²) in [5.41, 5.74) is 1.16. The number of hydrogen-bond donors (Lipinski definition) is 2. The third-order valence-corrected chi connectivity index (χ3v) is 4.45. The van der Waals surface area contributed by atoms with Gasteiger partial charge >= 0.3 is 0 Å². The number of aliphatic hydroxyl groups is 1. The van der Waals surface area contributed by atoms with Gasteiger partial charge in [0.1, 0.15) is 5.01 Å². The maximum Gasteiger partial charge on any atom is 0.223 e. The number of benzene rings is 1. The first-order valence-corrected chi connectivity index (χ1v) is 7.73. The number of aromatic nitrogens is 1. The van der Waals surface area contributed by atoms with Crippen LogP contribution in [-0.4, -0.2) is 16.0 Å². The molecule has 1 aromatic carbocycles. The van der Waals surface area contributed by atoms with Crippen LogP contribution in [0.3, 0.4) is 0 Å². The number of carbonyl (C=O) groups excluding carboxylic acids is 1. The van der Waals surface area contributed by atoms with Crippen LogP contribution in [0.5, 0.6) is 0 Å². The van der Waals surface area contributed by atoms with E-state index in [1.54, 1.807) is 0 Å². The number of hydrogen-bond acceptors (Lipinski definition) is 4. The molecular weight excluding hydrogens is 284 g/mol. The monoisotopic (exact) mass is 304 g/mol. The van der Waals surface area contributed by atoms with Crippen molar-refractivity contribution >= 4 is 17.2 Å². The average molecular weight is 304 g/mol. The molecule has 0 aliphatic carbocycles. The first-order chi connectivity index (χ1) is 9.88. The van der Waals surface area contributed by atoms with Crippen molar-refractivity contribution in [3.05, 3.63) is 52.0 Å². The molecular formula is C16H20N2O2S. The number of aliphatic hydroxyl groups excluding tert-OH is 1. The molecule has 0 saturated carbocycles. The van der Waals surface area contributed by atoms with Crippen LogP contribution < -0.4 is 5.32 Å². The predicted molar refractivity (Wildman–Crippen MR) is 84.0 cm³/mol. The summed E-state index contributed by atoms with van der Waals surface area (Å²) in [6, 6.07) is 9.20. The summed E-state index contributed by atoms with van der Waals surface area (Å²) in [5, 5.41) is 15.8. The summed E-state index contributed by atoms with van der Waals surface area (Å²) in [6.07, 6.45) is -0.752. The van der Waals surface area contributed by atoms with E-state index in [4.69, 9.17) is 0 Å². The van der Waals surface area contributed by atoms with Gasteiger partial charge in [-0.2, -0.15) is 0 Å². The molecule has 2 N–H and O–H groups in total. The van der Waals surface area contributed by atoms with Crippen molar-refractivity contribution in [1.82, 2.24) is 10.3 Å². The standard InChI is InChI=1S/C16H20N2O2S/c1-11-10-21-15(17-11)16(2,3)18-14(20)9-13(19)12-7-5-4-6-8-12/h4-8,10,13,19H,9H2,1-3H3,(H,18,20). The van der Waals surface area contributed by atoms with Crippen LogP contribution in [0.15, 0.2) is 35.7 Å². The fourth-order valence-corrected chi connectivity index (χ4v) is 2.94. The van der Waals surface area contributed by atoms with Gasteiger partial charge in [0.05, 0.1) is 18.1 Å². The molecule has 0 aliphatic heterocycles. The van der Waals surface area contributed by atoms with Gasteiger partial charge in [0.2, 0.25) is 5.91 Å². The third-order valence-electron chi connectivity index (χ3n) is 3.17. The summed E-state index contributed by atoms with van der Waals surface area (Å²) in [5.74, 6) is -0.191. The minimum Gasteiger partial charge on any atom is -0.388 e. The lowest BCUT2D eigenvalue weighted by Gasteiger charge is -2.24. The Morgan fingerprint density at radius 1 is 1.38 bits per heavy atom. The van der Waals surface area contributed by atoms with Crippen molar-refractivity contribution in [2.45, 2.75) is 38.8 Å². The van der Waals surface area contributed by atoms with Gasteiger partial charge in [-0.15, -0.1) is 11.3 Å². The molecule has 5 heteroatoms. The first-order valence-electron chi connectivity index (χ1n) is 6.85. The number of nitrogens with zero attached hydrogens (tertiary/aromatic N) is 1. The fraction of sp³-hybridized carbons (Fsp3) is 0.375. The lowest BCUT2D eigenvalue weighted by molar-refractivity contribution is -0.124. The predicted octanol–water partition coefficient (Wildman–Crippen LogP) is 2.93. The van der Waals surface area contributed by atoms with Crippen LogP contribution in [0.2, 0.25) is 0 Å². The number of nitrogens with one attached hydrogen (secondary N) is 1. The molecule has 0 spiro atoms.